The standard InChI is InChI=1S/C21H36N4O12/c1-8(19(33)24-11(18(22)32)4-5-14(29)30)23-20(34)10(3)37-17-15(25-21(35)12(28)6-26)9(2)36-13(7-27)16(17)31/h8-13,15-17,26-28,31H,4-7H2,1-3H3,(H2,22,32)(H,23,34)(H,24,33)(H,25,35)(H,29,30)/t8-,9?,10+,11+,12+,13?,15?,16?,17?/m0/s1. The van der Waals surface area contributed by atoms with Crippen LogP contribution >= 0.6 is 0 Å². The number of aliphatic hydroxyl groups is 4. The topological polar surface area (TPSA) is 267 Å². The number of carboxylic acids is 1. The van der Waals surface area contributed by atoms with Crippen LogP contribution in [0, 0.1) is 0 Å². The van der Waals surface area contributed by atoms with Gasteiger partial charge in [0, 0.05) is 6.42 Å². The third kappa shape index (κ3) is 9.49. The van der Waals surface area contributed by atoms with E-state index in [9.17, 15) is 39.3 Å². The van der Waals surface area contributed by atoms with Crippen molar-refractivity contribution in [2.45, 2.75) is 88.4 Å². The molecular formula is C21H36N4O12. The molecule has 1 aliphatic rings. The molecule has 0 spiro atoms. The highest BCUT2D eigenvalue weighted by molar-refractivity contribution is 5.92. The number of nitrogens with one attached hydrogen (secondary N) is 3. The van der Waals surface area contributed by atoms with Crippen LogP contribution in [-0.4, -0.2) is 123 Å². The molecule has 1 rings (SSSR count). The normalized spacial score (nSPS) is 26.7. The van der Waals surface area contributed by atoms with Crippen molar-refractivity contribution in [1.82, 2.24) is 16.0 Å². The maximum atomic E-state index is 12.7. The summed E-state index contributed by atoms with van der Waals surface area (Å²) in [6.07, 6.45) is -8.55. The summed E-state index contributed by atoms with van der Waals surface area (Å²) in [5.74, 6) is -4.78. The zero-order chi connectivity index (χ0) is 28.4. The van der Waals surface area contributed by atoms with Crippen molar-refractivity contribution in [2.24, 2.45) is 5.73 Å². The fraction of sp³-hybridized carbons (Fsp3) is 0.762. The second-order valence-electron chi connectivity index (χ2n) is 8.65. The van der Waals surface area contributed by atoms with Crippen LogP contribution in [0.15, 0.2) is 0 Å². The fourth-order valence-corrected chi connectivity index (χ4v) is 3.53. The highest BCUT2D eigenvalue weighted by Crippen LogP contribution is 2.25. The second-order valence-corrected chi connectivity index (χ2v) is 8.65. The quantitative estimate of drug-likeness (QED) is 0.101. The molecule has 1 saturated heterocycles. The molecule has 16 nitrogen and oxygen atoms in total. The van der Waals surface area contributed by atoms with E-state index in [4.69, 9.17) is 25.4 Å². The lowest BCUT2D eigenvalue weighted by Gasteiger charge is -2.44. The summed E-state index contributed by atoms with van der Waals surface area (Å²) in [4.78, 5) is 59.4. The van der Waals surface area contributed by atoms with Gasteiger partial charge in [0.05, 0.1) is 25.4 Å². The van der Waals surface area contributed by atoms with E-state index < -0.39 is 104 Å². The Kier molecular flexibility index (Phi) is 12.8. The molecule has 5 unspecified atom stereocenters. The number of carbonyl (C=O) groups is 5. The van der Waals surface area contributed by atoms with Gasteiger partial charge in [-0.25, -0.2) is 0 Å². The number of primary amides is 1. The summed E-state index contributed by atoms with van der Waals surface area (Å²) in [7, 11) is 0. The van der Waals surface area contributed by atoms with Gasteiger partial charge in [-0.2, -0.15) is 0 Å². The number of carboxylic acid groups (broad SMARTS) is 1. The van der Waals surface area contributed by atoms with Crippen LogP contribution in [0.4, 0.5) is 0 Å². The minimum absolute atomic E-state index is 0.249. The number of carbonyl (C=O) groups excluding carboxylic acids is 4. The zero-order valence-electron chi connectivity index (χ0n) is 20.7. The van der Waals surface area contributed by atoms with E-state index in [1.165, 1.54) is 20.8 Å². The minimum Gasteiger partial charge on any atom is -0.481 e. The average molecular weight is 537 g/mol. The smallest absolute Gasteiger partial charge is 0.303 e. The molecule has 0 aliphatic carbocycles. The predicted octanol–water partition coefficient (Wildman–Crippen LogP) is -4.92. The predicted molar refractivity (Wildman–Crippen MR) is 122 cm³/mol. The van der Waals surface area contributed by atoms with Crippen molar-refractivity contribution in [3.63, 3.8) is 0 Å². The summed E-state index contributed by atoms with van der Waals surface area (Å²) >= 11 is 0. The molecule has 0 aromatic heterocycles. The number of ether oxygens (including phenoxy) is 2. The third-order valence-corrected chi connectivity index (χ3v) is 5.72. The van der Waals surface area contributed by atoms with Crippen molar-refractivity contribution in [2.75, 3.05) is 13.2 Å². The molecule has 4 amide bonds. The highest BCUT2D eigenvalue weighted by atomic mass is 16.6. The maximum Gasteiger partial charge on any atom is 0.303 e. The summed E-state index contributed by atoms with van der Waals surface area (Å²) < 4.78 is 11.1. The molecule has 1 heterocycles. The van der Waals surface area contributed by atoms with E-state index in [0.717, 1.165) is 0 Å². The Morgan fingerprint density at radius 2 is 1.68 bits per heavy atom. The number of aliphatic hydroxyl groups excluding tert-OH is 4. The van der Waals surface area contributed by atoms with Gasteiger partial charge in [0.2, 0.25) is 17.7 Å². The van der Waals surface area contributed by atoms with Gasteiger partial charge in [0.15, 0.2) is 6.10 Å². The summed E-state index contributed by atoms with van der Waals surface area (Å²) in [5, 5.41) is 54.4. The molecule has 0 aromatic carbocycles. The molecule has 212 valence electrons. The van der Waals surface area contributed by atoms with Crippen molar-refractivity contribution >= 4 is 29.6 Å². The molecular weight excluding hydrogens is 500 g/mol. The molecule has 0 saturated carbocycles. The largest absolute Gasteiger partial charge is 0.481 e. The van der Waals surface area contributed by atoms with Crippen LogP contribution in [0.2, 0.25) is 0 Å². The molecule has 1 fully saturated rings. The first kappa shape index (κ1) is 32.1. The maximum absolute atomic E-state index is 12.7. The number of hydrogen-bond donors (Lipinski definition) is 9. The Morgan fingerprint density at radius 1 is 1.05 bits per heavy atom. The first-order chi connectivity index (χ1) is 17.2. The second kappa shape index (κ2) is 14.7. The lowest BCUT2D eigenvalue weighted by atomic mass is 9.92. The van der Waals surface area contributed by atoms with Crippen LogP contribution in [-0.2, 0) is 33.4 Å². The van der Waals surface area contributed by atoms with Gasteiger partial charge in [-0.3, -0.25) is 24.0 Å². The van der Waals surface area contributed by atoms with Gasteiger partial charge in [-0.15, -0.1) is 0 Å². The molecule has 10 N–H and O–H groups in total. The van der Waals surface area contributed by atoms with Crippen molar-refractivity contribution in [3.05, 3.63) is 0 Å². The van der Waals surface area contributed by atoms with Crippen LogP contribution in [0.3, 0.4) is 0 Å². The van der Waals surface area contributed by atoms with E-state index in [-0.39, 0.29) is 6.42 Å². The molecule has 1 aliphatic heterocycles. The highest BCUT2D eigenvalue weighted by Gasteiger charge is 2.46. The first-order valence-electron chi connectivity index (χ1n) is 11.5. The Hall–Kier alpha value is -2.89. The number of aliphatic carboxylic acids is 1. The lowest BCUT2D eigenvalue weighted by molar-refractivity contribution is -0.214. The molecule has 37 heavy (non-hydrogen) atoms. The number of amides is 4. The van der Waals surface area contributed by atoms with Gasteiger partial charge < -0.3 is 56.7 Å². The van der Waals surface area contributed by atoms with E-state index in [1.807, 2.05) is 0 Å². The van der Waals surface area contributed by atoms with Crippen molar-refractivity contribution < 1.29 is 59.0 Å². The van der Waals surface area contributed by atoms with Crippen LogP contribution < -0.4 is 21.7 Å². The Balaban J connectivity index is 2.89. The van der Waals surface area contributed by atoms with Gasteiger partial charge in [-0.05, 0) is 27.2 Å². The number of nitrogens with two attached hydrogens (primary N) is 1. The van der Waals surface area contributed by atoms with E-state index in [0.29, 0.717) is 0 Å². The molecule has 0 bridgehead atoms. The lowest BCUT2D eigenvalue weighted by Crippen LogP contribution is -2.66. The van der Waals surface area contributed by atoms with Crippen LogP contribution in [0.25, 0.3) is 0 Å². The Labute approximate surface area is 212 Å². The third-order valence-electron chi connectivity index (χ3n) is 5.72. The molecule has 16 heteroatoms. The van der Waals surface area contributed by atoms with Crippen molar-refractivity contribution in [1.29, 1.82) is 0 Å². The van der Waals surface area contributed by atoms with E-state index >= 15 is 0 Å². The molecule has 0 aromatic rings. The molecule has 0 radical (unpaired) electrons. The van der Waals surface area contributed by atoms with Gasteiger partial charge >= 0.3 is 5.97 Å². The summed E-state index contributed by atoms with van der Waals surface area (Å²) in [6.45, 7) is 2.61. The number of rotatable bonds is 14. The van der Waals surface area contributed by atoms with Gasteiger partial charge in [0.1, 0.15) is 36.5 Å². The monoisotopic (exact) mass is 536 g/mol. The Bertz CT molecular complexity index is 827. The van der Waals surface area contributed by atoms with Gasteiger partial charge in [-0.1, -0.05) is 0 Å². The fourth-order valence-electron chi connectivity index (χ4n) is 3.53. The first-order valence-corrected chi connectivity index (χ1v) is 11.5. The summed E-state index contributed by atoms with van der Waals surface area (Å²) in [5.41, 5.74) is 5.18. The van der Waals surface area contributed by atoms with Crippen molar-refractivity contribution in [3.8, 4) is 0 Å². The van der Waals surface area contributed by atoms with Crippen LogP contribution in [0.1, 0.15) is 33.6 Å². The summed E-state index contributed by atoms with van der Waals surface area (Å²) in [6, 6.07) is -3.58. The SMILES string of the molecule is CC1OC(CO)C(O)C(O[C@H](C)C(=O)N[C@@H](C)C(=O)N[C@H](CCC(=O)O)C(N)=O)C1NC(=O)[C@H](O)CO. The van der Waals surface area contributed by atoms with E-state index in [2.05, 4.69) is 16.0 Å². The van der Waals surface area contributed by atoms with Gasteiger partial charge in [0.25, 0.3) is 5.91 Å². The Morgan fingerprint density at radius 3 is 2.19 bits per heavy atom. The number of hydrogen-bond acceptors (Lipinski definition) is 11. The average Bonchev–Trinajstić information content (AvgIpc) is 2.84. The van der Waals surface area contributed by atoms with Crippen LogP contribution in [0.5, 0.6) is 0 Å². The zero-order valence-corrected chi connectivity index (χ0v) is 20.7. The molecule has 9 atom stereocenters. The minimum atomic E-state index is -1.76. The van der Waals surface area contributed by atoms with E-state index in [1.54, 1.807) is 0 Å².